The van der Waals surface area contributed by atoms with Crippen molar-refractivity contribution in [2.45, 2.75) is 45.8 Å². The Hall–Kier alpha value is -2.61. The second kappa shape index (κ2) is 10.2. The van der Waals surface area contributed by atoms with Gasteiger partial charge >= 0.3 is 12.0 Å². The number of benzene rings is 1. The summed E-state index contributed by atoms with van der Waals surface area (Å²) in [5, 5.41) is 5.19. The Morgan fingerprint density at radius 3 is 2.41 bits per heavy atom. The molecule has 0 unspecified atom stereocenters. The van der Waals surface area contributed by atoms with Crippen molar-refractivity contribution in [3.8, 4) is 0 Å². The topological polar surface area (TPSA) is 105 Å². The minimum absolute atomic E-state index is 0.132. The van der Waals surface area contributed by atoms with Gasteiger partial charge in [-0.05, 0) is 57.9 Å². The Morgan fingerprint density at radius 1 is 1.14 bits per heavy atom. The fourth-order valence-corrected chi connectivity index (χ4v) is 3.09. The Balaban J connectivity index is 1.90. The maximum absolute atomic E-state index is 12.6. The van der Waals surface area contributed by atoms with E-state index in [2.05, 4.69) is 10.6 Å². The summed E-state index contributed by atoms with van der Waals surface area (Å²) < 4.78 is 5.22. The molecule has 1 fully saturated rings. The predicted molar refractivity (Wildman–Crippen MR) is 107 cm³/mol. The number of nitrogens with one attached hydrogen (secondary N) is 2. The van der Waals surface area contributed by atoms with Crippen molar-refractivity contribution in [1.82, 2.24) is 15.5 Å². The minimum atomic E-state index is -1.12. The van der Waals surface area contributed by atoms with Crippen LogP contribution in [0.2, 0.25) is 5.02 Å². The highest BCUT2D eigenvalue weighted by molar-refractivity contribution is 6.30. The number of carbonyl (C=O) groups excluding carboxylic acids is 4. The molecule has 1 heterocycles. The largest absolute Gasteiger partial charge is 0.452 e. The van der Waals surface area contributed by atoms with E-state index in [1.54, 1.807) is 43.0 Å². The molecule has 0 spiro atoms. The van der Waals surface area contributed by atoms with Crippen LogP contribution in [0, 0.1) is 5.92 Å². The second-order valence-electron chi connectivity index (χ2n) is 7.29. The molecule has 2 atom stereocenters. The highest BCUT2D eigenvalue weighted by atomic mass is 35.5. The summed E-state index contributed by atoms with van der Waals surface area (Å²) >= 11 is 5.85. The average Bonchev–Trinajstić information content (AvgIpc) is 2.67. The third-order valence-electron chi connectivity index (χ3n) is 4.45. The monoisotopic (exact) mass is 423 g/mol. The lowest BCUT2D eigenvalue weighted by Crippen LogP contribution is -2.48. The number of imide groups is 1. The van der Waals surface area contributed by atoms with Gasteiger partial charge in [0.2, 0.25) is 0 Å². The van der Waals surface area contributed by atoms with Crippen molar-refractivity contribution in [2.75, 3.05) is 13.1 Å². The van der Waals surface area contributed by atoms with E-state index in [0.29, 0.717) is 30.0 Å². The number of nitrogens with zero attached hydrogens (tertiary/aromatic N) is 1. The Kier molecular flexibility index (Phi) is 8.01. The summed E-state index contributed by atoms with van der Waals surface area (Å²) in [6.45, 7) is 5.66. The Labute approximate surface area is 174 Å². The molecule has 0 aromatic heterocycles. The minimum Gasteiger partial charge on any atom is -0.452 e. The molecule has 9 heteroatoms. The molecule has 29 heavy (non-hydrogen) atoms. The number of urea groups is 1. The van der Waals surface area contributed by atoms with Gasteiger partial charge in [0.15, 0.2) is 6.10 Å². The zero-order valence-corrected chi connectivity index (χ0v) is 17.5. The van der Waals surface area contributed by atoms with Gasteiger partial charge in [0, 0.05) is 29.7 Å². The highest BCUT2D eigenvalue weighted by Crippen LogP contribution is 2.21. The van der Waals surface area contributed by atoms with Crippen molar-refractivity contribution < 1.29 is 23.9 Å². The van der Waals surface area contributed by atoms with Crippen molar-refractivity contribution in [1.29, 1.82) is 0 Å². The van der Waals surface area contributed by atoms with E-state index in [-0.39, 0.29) is 18.5 Å². The summed E-state index contributed by atoms with van der Waals surface area (Å²) in [4.78, 5) is 50.3. The number of carbonyl (C=O) groups is 4. The molecule has 1 aliphatic heterocycles. The zero-order valence-electron chi connectivity index (χ0n) is 16.7. The van der Waals surface area contributed by atoms with Crippen LogP contribution in [0.15, 0.2) is 24.3 Å². The summed E-state index contributed by atoms with van der Waals surface area (Å²) in [6.07, 6.45) is 0.0877. The third kappa shape index (κ3) is 6.74. The fourth-order valence-electron chi connectivity index (χ4n) is 2.96. The van der Waals surface area contributed by atoms with Gasteiger partial charge in [-0.15, -0.1) is 0 Å². The number of piperidine rings is 1. The van der Waals surface area contributed by atoms with Crippen LogP contribution in [0.5, 0.6) is 0 Å². The lowest BCUT2D eigenvalue weighted by atomic mass is 9.97. The van der Waals surface area contributed by atoms with E-state index >= 15 is 0 Å². The van der Waals surface area contributed by atoms with Crippen LogP contribution in [0.3, 0.4) is 0 Å². The van der Waals surface area contributed by atoms with Gasteiger partial charge in [-0.2, -0.15) is 0 Å². The van der Waals surface area contributed by atoms with Gasteiger partial charge < -0.3 is 15.0 Å². The molecule has 2 rings (SSSR count). The van der Waals surface area contributed by atoms with E-state index in [1.165, 1.54) is 6.92 Å². The number of amides is 4. The first-order valence-electron chi connectivity index (χ1n) is 9.54. The third-order valence-corrected chi connectivity index (χ3v) is 4.70. The molecule has 0 saturated carbocycles. The van der Waals surface area contributed by atoms with Gasteiger partial charge in [-0.1, -0.05) is 11.6 Å². The molecule has 2 N–H and O–H groups in total. The zero-order chi connectivity index (χ0) is 21.6. The maximum Gasteiger partial charge on any atom is 0.321 e. The maximum atomic E-state index is 12.6. The van der Waals surface area contributed by atoms with Crippen LogP contribution in [-0.2, 0) is 14.3 Å². The number of hydrogen-bond acceptors (Lipinski definition) is 5. The number of ether oxygens (including phenoxy) is 1. The lowest BCUT2D eigenvalue weighted by molar-refractivity contribution is -0.159. The van der Waals surface area contributed by atoms with Crippen molar-refractivity contribution >= 4 is 35.4 Å². The Bertz CT molecular complexity index is 766. The van der Waals surface area contributed by atoms with E-state index in [4.69, 9.17) is 16.3 Å². The first-order valence-corrected chi connectivity index (χ1v) is 9.92. The standard InChI is InChI=1S/C20H26ClN3O5/c1-12(2)22-20(28)23-17(25)13(3)29-19(27)15-5-4-10-24(11-15)18(26)14-6-8-16(21)9-7-14/h6-9,12-13,15H,4-5,10-11H2,1-3H3,(H2,22,23,25,28)/t13-,15+/m0/s1. The first kappa shape index (κ1) is 22.7. The number of likely N-dealkylation sites (tertiary alicyclic amines) is 1. The van der Waals surface area contributed by atoms with Crippen molar-refractivity contribution in [3.05, 3.63) is 34.9 Å². The highest BCUT2D eigenvalue weighted by Gasteiger charge is 2.32. The molecule has 8 nitrogen and oxygen atoms in total. The van der Waals surface area contributed by atoms with Crippen LogP contribution >= 0.6 is 11.6 Å². The summed E-state index contributed by atoms with van der Waals surface area (Å²) in [7, 11) is 0. The average molecular weight is 424 g/mol. The van der Waals surface area contributed by atoms with Crippen molar-refractivity contribution in [2.24, 2.45) is 5.92 Å². The van der Waals surface area contributed by atoms with Gasteiger partial charge in [0.25, 0.3) is 11.8 Å². The second-order valence-corrected chi connectivity index (χ2v) is 7.73. The molecule has 0 radical (unpaired) electrons. The summed E-state index contributed by atoms with van der Waals surface area (Å²) in [5.74, 6) is -1.98. The molecule has 4 amide bonds. The fraction of sp³-hybridized carbons (Fsp3) is 0.500. The smallest absolute Gasteiger partial charge is 0.321 e. The number of hydrogen-bond donors (Lipinski definition) is 2. The van der Waals surface area contributed by atoms with E-state index < -0.39 is 29.9 Å². The Morgan fingerprint density at radius 2 is 1.79 bits per heavy atom. The number of esters is 1. The van der Waals surface area contributed by atoms with Crippen molar-refractivity contribution in [3.63, 3.8) is 0 Å². The van der Waals surface area contributed by atoms with E-state index in [0.717, 1.165) is 0 Å². The van der Waals surface area contributed by atoms with Crippen LogP contribution in [0.25, 0.3) is 0 Å². The normalized spacial score (nSPS) is 17.4. The van der Waals surface area contributed by atoms with Crippen LogP contribution in [-0.4, -0.2) is 54.0 Å². The van der Waals surface area contributed by atoms with Gasteiger partial charge in [0.05, 0.1) is 5.92 Å². The van der Waals surface area contributed by atoms with Gasteiger partial charge in [-0.3, -0.25) is 19.7 Å². The summed E-state index contributed by atoms with van der Waals surface area (Å²) in [5.41, 5.74) is 0.493. The molecule has 0 aliphatic carbocycles. The first-order chi connectivity index (χ1) is 13.7. The van der Waals surface area contributed by atoms with Crippen LogP contribution < -0.4 is 10.6 Å². The molecular weight excluding hydrogens is 398 g/mol. The SMILES string of the molecule is CC(C)NC(=O)NC(=O)[C@H](C)OC(=O)[C@@H]1CCCN(C(=O)c2ccc(Cl)cc2)C1. The van der Waals surface area contributed by atoms with Gasteiger partial charge in [-0.25, -0.2) is 4.79 Å². The lowest BCUT2D eigenvalue weighted by Gasteiger charge is -2.32. The van der Waals surface area contributed by atoms with E-state index in [9.17, 15) is 19.2 Å². The molecular formula is C20H26ClN3O5. The molecule has 1 aromatic rings. The molecule has 1 saturated heterocycles. The molecule has 1 aromatic carbocycles. The predicted octanol–water partition coefficient (Wildman–Crippen LogP) is 2.36. The quantitative estimate of drug-likeness (QED) is 0.707. The number of rotatable bonds is 5. The molecule has 0 bridgehead atoms. The van der Waals surface area contributed by atoms with Crippen LogP contribution in [0.4, 0.5) is 4.79 Å². The number of halogens is 1. The molecule has 1 aliphatic rings. The molecule has 158 valence electrons. The van der Waals surface area contributed by atoms with E-state index in [1.807, 2.05) is 0 Å². The van der Waals surface area contributed by atoms with Gasteiger partial charge in [0.1, 0.15) is 0 Å². The van der Waals surface area contributed by atoms with Crippen LogP contribution in [0.1, 0.15) is 44.0 Å². The summed E-state index contributed by atoms with van der Waals surface area (Å²) in [6, 6.07) is 5.78.